The molecule has 0 saturated heterocycles. The Morgan fingerprint density at radius 3 is 2.60 bits per heavy atom. The first-order valence-corrected chi connectivity index (χ1v) is 8.29. The largest absolute Gasteiger partial charge is 0.467 e. The van der Waals surface area contributed by atoms with Gasteiger partial charge in [-0.2, -0.15) is 0 Å². The molecule has 1 aromatic rings. The minimum atomic E-state index is -1.14. The van der Waals surface area contributed by atoms with E-state index in [0.717, 1.165) is 10.0 Å². The Bertz CT molecular complexity index is 474. The van der Waals surface area contributed by atoms with Gasteiger partial charge in [0, 0.05) is 23.2 Å². The summed E-state index contributed by atoms with van der Waals surface area (Å²) >= 11 is 3.42. The Labute approximate surface area is 132 Å². The number of methoxy groups -OCH3 is 1. The van der Waals surface area contributed by atoms with Gasteiger partial charge in [0.15, 0.2) is 6.79 Å². The molecule has 1 unspecified atom stereocenters. The van der Waals surface area contributed by atoms with Crippen molar-refractivity contribution < 1.29 is 13.7 Å². The second kappa shape index (κ2) is 7.54. The van der Waals surface area contributed by atoms with Gasteiger partial charge in [-0.1, -0.05) is 22.0 Å². The quantitative estimate of drug-likeness (QED) is 0.786. The van der Waals surface area contributed by atoms with Crippen LogP contribution in [-0.4, -0.2) is 22.9 Å². The van der Waals surface area contributed by atoms with Crippen molar-refractivity contribution in [1.82, 2.24) is 4.72 Å². The number of hydrogen-bond acceptors (Lipinski definition) is 3. The van der Waals surface area contributed by atoms with Crippen LogP contribution in [0.25, 0.3) is 0 Å². The van der Waals surface area contributed by atoms with E-state index in [1.165, 1.54) is 0 Å². The average Bonchev–Trinajstić information content (AvgIpc) is 2.35. The molecule has 0 bridgehead atoms. The first-order chi connectivity index (χ1) is 9.25. The van der Waals surface area contributed by atoms with Gasteiger partial charge in [0.2, 0.25) is 0 Å². The lowest BCUT2D eigenvalue weighted by atomic mass is 10.1. The molecule has 0 aliphatic heterocycles. The van der Waals surface area contributed by atoms with Crippen molar-refractivity contribution in [3.05, 3.63) is 28.2 Å². The monoisotopic (exact) mass is 363 g/mol. The van der Waals surface area contributed by atoms with Gasteiger partial charge in [-0.3, -0.25) is 0 Å². The molecule has 20 heavy (non-hydrogen) atoms. The van der Waals surface area contributed by atoms with E-state index in [2.05, 4.69) is 20.7 Å². The Hall–Kier alpha value is -0.430. The zero-order chi connectivity index (χ0) is 15.3. The molecule has 0 aliphatic carbocycles. The molecular formula is C14H22BrNO3S. The summed E-state index contributed by atoms with van der Waals surface area (Å²) < 4.78 is 26.4. The van der Waals surface area contributed by atoms with E-state index in [4.69, 9.17) is 9.47 Å². The highest BCUT2D eigenvalue weighted by Crippen LogP contribution is 2.29. The molecule has 4 nitrogen and oxygen atoms in total. The number of benzene rings is 1. The predicted octanol–water partition coefficient (Wildman–Crippen LogP) is 3.54. The van der Waals surface area contributed by atoms with Gasteiger partial charge in [-0.15, -0.1) is 0 Å². The summed E-state index contributed by atoms with van der Waals surface area (Å²) in [5.41, 5.74) is 0.947. The number of hydrogen-bond donors (Lipinski definition) is 1. The van der Waals surface area contributed by atoms with E-state index in [9.17, 15) is 4.21 Å². The van der Waals surface area contributed by atoms with Crippen LogP contribution < -0.4 is 9.46 Å². The van der Waals surface area contributed by atoms with E-state index in [1.54, 1.807) is 7.11 Å². The molecule has 0 aliphatic rings. The van der Waals surface area contributed by atoms with Crippen LogP contribution in [0.2, 0.25) is 0 Å². The fourth-order valence-corrected chi connectivity index (χ4v) is 2.66. The summed E-state index contributed by atoms with van der Waals surface area (Å²) in [5.74, 6) is 0.715. The topological polar surface area (TPSA) is 47.6 Å². The smallest absolute Gasteiger partial charge is 0.188 e. The van der Waals surface area contributed by atoms with Crippen LogP contribution in [0, 0.1) is 0 Å². The highest BCUT2D eigenvalue weighted by molar-refractivity contribution is 9.10. The Morgan fingerprint density at radius 2 is 2.05 bits per heavy atom. The van der Waals surface area contributed by atoms with Crippen LogP contribution in [0.4, 0.5) is 0 Å². The molecule has 0 heterocycles. The maximum absolute atomic E-state index is 12.2. The van der Waals surface area contributed by atoms with Gasteiger partial charge in [-0.05, 0) is 39.8 Å². The number of halogens is 1. The summed E-state index contributed by atoms with van der Waals surface area (Å²) in [6, 6.07) is 5.68. The van der Waals surface area contributed by atoms with Gasteiger partial charge in [0.1, 0.15) is 5.75 Å². The molecular weight excluding hydrogens is 342 g/mol. The van der Waals surface area contributed by atoms with Crippen molar-refractivity contribution in [3.8, 4) is 5.75 Å². The zero-order valence-corrected chi connectivity index (χ0v) is 14.9. The SMILES string of the molecule is COCOc1cc(Br)ccc1[C@H](C)NS(=O)C(C)(C)C. The van der Waals surface area contributed by atoms with Crippen LogP contribution in [0.15, 0.2) is 22.7 Å². The third-order valence-corrected chi connectivity index (χ3v) is 4.79. The van der Waals surface area contributed by atoms with Gasteiger partial charge in [-0.25, -0.2) is 8.93 Å². The molecule has 0 radical (unpaired) electrons. The highest BCUT2D eigenvalue weighted by atomic mass is 79.9. The van der Waals surface area contributed by atoms with Crippen molar-refractivity contribution in [2.45, 2.75) is 38.5 Å². The standard InChI is InChI=1S/C14H22BrNO3S/c1-10(16-20(17)14(2,3)4)12-7-6-11(15)8-13(12)19-9-18-5/h6-8,10,16H,9H2,1-5H3/t10-,20?/m0/s1. The Balaban J connectivity index is 2.91. The van der Waals surface area contributed by atoms with Gasteiger partial charge >= 0.3 is 0 Å². The molecule has 6 heteroatoms. The van der Waals surface area contributed by atoms with Gasteiger partial charge in [0.25, 0.3) is 0 Å². The van der Waals surface area contributed by atoms with Gasteiger partial charge < -0.3 is 9.47 Å². The van der Waals surface area contributed by atoms with Crippen LogP contribution in [0.3, 0.4) is 0 Å². The molecule has 0 amide bonds. The second-order valence-corrected chi connectivity index (χ2v) is 8.37. The first-order valence-electron chi connectivity index (χ1n) is 6.35. The molecule has 2 atom stereocenters. The molecule has 1 rings (SSSR count). The lowest BCUT2D eigenvalue weighted by Gasteiger charge is -2.23. The molecule has 1 N–H and O–H groups in total. The Kier molecular flexibility index (Phi) is 6.64. The number of nitrogens with one attached hydrogen (secondary N) is 1. The minimum absolute atomic E-state index is 0.0879. The molecule has 114 valence electrons. The van der Waals surface area contributed by atoms with Crippen molar-refractivity contribution in [2.75, 3.05) is 13.9 Å². The van der Waals surface area contributed by atoms with E-state index in [1.807, 2.05) is 45.9 Å². The van der Waals surface area contributed by atoms with Crippen molar-refractivity contribution in [3.63, 3.8) is 0 Å². The van der Waals surface area contributed by atoms with Crippen LogP contribution in [0.1, 0.15) is 39.3 Å². The molecule has 1 aromatic carbocycles. The normalized spacial score (nSPS) is 14.9. The van der Waals surface area contributed by atoms with E-state index in [-0.39, 0.29) is 17.6 Å². The van der Waals surface area contributed by atoms with Crippen LogP contribution in [-0.2, 0) is 15.7 Å². The average molecular weight is 364 g/mol. The number of rotatable bonds is 6. The molecule has 0 aromatic heterocycles. The lowest BCUT2D eigenvalue weighted by Crippen LogP contribution is -2.35. The Morgan fingerprint density at radius 1 is 1.40 bits per heavy atom. The highest BCUT2D eigenvalue weighted by Gasteiger charge is 2.23. The summed E-state index contributed by atoms with van der Waals surface area (Å²) in [7, 11) is 0.442. The molecule has 0 fully saturated rings. The maximum Gasteiger partial charge on any atom is 0.188 e. The number of ether oxygens (including phenoxy) is 2. The maximum atomic E-state index is 12.2. The lowest BCUT2D eigenvalue weighted by molar-refractivity contribution is 0.0501. The van der Waals surface area contributed by atoms with Crippen molar-refractivity contribution in [2.24, 2.45) is 0 Å². The van der Waals surface area contributed by atoms with Crippen molar-refractivity contribution in [1.29, 1.82) is 0 Å². The van der Waals surface area contributed by atoms with E-state index >= 15 is 0 Å². The molecule has 0 saturated carbocycles. The second-order valence-electron chi connectivity index (χ2n) is 5.45. The fraction of sp³-hybridized carbons (Fsp3) is 0.571. The predicted molar refractivity (Wildman–Crippen MR) is 86.1 cm³/mol. The first kappa shape index (κ1) is 17.6. The van der Waals surface area contributed by atoms with E-state index < -0.39 is 11.0 Å². The fourth-order valence-electron chi connectivity index (χ4n) is 1.51. The summed E-state index contributed by atoms with van der Waals surface area (Å²) in [5, 5.41) is 0. The summed E-state index contributed by atoms with van der Waals surface area (Å²) in [4.78, 5) is 0. The van der Waals surface area contributed by atoms with Crippen LogP contribution >= 0.6 is 15.9 Å². The van der Waals surface area contributed by atoms with Gasteiger partial charge in [0.05, 0.1) is 15.7 Å². The minimum Gasteiger partial charge on any atom is -0.467 e. The molecule has 0 spiro atoms. The third-order valence-electron chi connectivity index (χ3n) is 2.61. The summed E-state index contributed by atoms with van der Waals surface area (Å²) in [6.07, 6.45) is 0. The van der Waals surface area contributed by atoms with Crippen LogP contribution in [0.5, 0.6) is 5.75 Å². The zero-order valence-electron chi connectivity index (χ0n) is 12.5. The summed E-state index contributed by atoms with van der Waals surface area (Å²) in [6.45, 7) is 7.96. The third kappa shape index (κ3) is 5.16. The van der Waals surface area contributed by atoms with E-state index in [0.29, 0.717) is 5.75 Å². The van der Waals surface area contributed by atoms with Crippen molar-refractivity contribution >= 4 is 26.9 Å².